The Morgan fingerprint density at radius 2 is 0.750 bits per heavy atom. The summed E-state index contributed by atoms with van der Waals surface area (Å²) in [7, 11) is 0. The van der Waals surface area contributed by atoms with Gasteiger partial charge in [-0.3, -0.25) is 0 Å². The standard InChI is InChI=1S/Mn.2O.Ti/q;2*-2;. The molecule has 0 spiro atoms. The quantitative estimate of drug-likeness (QED) is 0.411. The van der Waals surface area contributed by atoms with Crippen LogP contribution in [0, 0.1) is 0 Å². The molecule has 2 nitrogen and oxygen atoms in total. The Hall–Kier alpha value is 1.15. The monoisotopic (exact) mass is 135 g/mol. The summed E-state index contributed by atoms with van der Waals surface area (Å²) in [5, 5.41) is 0. The summed E-state index contributed by atoms with van der Waals surface area (Å²) < 4.78 is 0. The molecule has 0 fully saturated rings. The van der Waals surface area contributed by atoms with Crippen molar-refractivity contribution >= 4 is 0 Å². The Morgan fingerprint density at radius 1 is 0.750 bits per heavy atom. The van der Waals surface area contributed by atoms with Crippen LogP contribution in [-0.2, 0) is 49.7 Å². The SMILES string of the molecule is [Mn].[O-2].[O-2].[Ti]. The van der Waals surface area contributed by atoms with Crippen LogP contribution in [0.2, 0.25) is 0 Å². The van der Waals surface area contributed by atoms with Crippen LogP contribution in [-0.4, -0.2) is 0 Å². The molecule has 0 aliphatic carbocycles. The fourth-order valence-electron chi connectivity index (χ4n) is 0. The molecule has 0 aliphatic rings. The van der Waals surface area contributed by atoms with E-state index in [2.05, 4.69) is 0 Å². The van der Waals surface area contributed by atoms with Crippen molar-refractivity contribution in [3.8, 4) is 0 Å². The van der Waals surface area contributed by atoms with Crippen LogP contribution in [0.25, 0.3) is 0 Å². The van der Waals surface area contributed by atoms with Crippen molar-refractivity contribution in [1.82, 2.24) is 0 Å². The molecule has 4 heavy (non-hydrogen) atoms. The zero-order valence-electron chi connectivity index (χ0n) is 1.69. The molecule has 0 saturated heterocycles. The smallest absolute Gasteiger partial charge is 0 e. The van der Waals surface area contributed by atoms with E-state index in [9.17, 15) is 0 Å². The van der Waals surface area contributed by atoms with Gasteiger partial charge >= 0.3 is 0 Å². The van der Waals surface area contributed by atoms with Gasteiger partial charge in [0.2, 0.25) is 0 Å². The third kappa shape index (κ3) is 11.0. The molecule has 0 bridgehead atoms. The summed E-state index contributed by atoms with van der Waals surface area (Å²) >= 11 is 0. The first-order chi connectivity index (χ1) is 0. The number of rotatable bonds is 0. The van der Waals surface area contributed by atoms with E-state index in [1.165, 1.54) is 0 Å². The van der Waals surface area contributed by atoms with E-state index in [-0.39, 0.29) is 49.7 Å². The van der Waals surface area contributed by atoms with E-state index in [0.29, 0.717) is 0 Å². The fraction of sp³-hybridized carbons (Fsp3) is 0. The van der Waals surface area contributed by atoms with Crippen LogP contribution < -0.4 is 0 Å². The molecule has 0 amide bonds. The van der Waals surface area contributed by atoms with E-state index in [1.807, 2.05) is 0 Å². The van der Waals surface area contributed by atoms with Crippen LogP contribution in [0.3, 0.4) is 0 Å². The Balaban J connectivity index is 0. The summed E-state index contributed by atoms with van der Waals surface area (Å²) in [5.41, 5.74) is 0. The maximum absolute atomic E-state index is 0. The van der Waals surface area contributed by atoms with Gasteiger partial charge in [-0.05, 0) is 0 Å². The second kappa shape index (κ2) is 31.0. The van der Waals surface area contributed by atoms with Crippen molar-refractivity contribution in [2.45, 2.75) is 0 Å². The average molecular weight is 135 g/mol. The number of hydrogen-bond donors (Lipinski definition) is 0. The van der Waals surface area contributed by atoms with Crippen molar-refractivity contribution in [2.75, 3.05) is 0 Å². The average Bonchev–Trinajstić information content (AvgIpc) is 0. The van der Waals surface area contributed by atoms with Gasteiger partial charge in [0.15, 0.2) is 0 Å². The molecule has 0 unspecified atom stereocenters. The maximum Gasteiger partial charge on any atom is 0 e. The Bertz CT molecular complexity index is 6.00. The van der Waals surface area contributed by atoms with Crippen LogP contribution in [0.15, 0.2) is 0 Å². The first-order valence-corrected chi connectivity index (χ1v) is 0. The summed E-state index contributed by atoms with van der Waals surface area (Å²) in [6.07, 6.45) is 0. The Kier molecular flexibility index (Phi) is 518. The van der Waals surface area contributed by atoms with Crippen molar-refractivity contribution < 1.29 is 49.7 Å². The molecule has 0 aromatic carbocycles. The molecular weight excluding hydrogens is 135 g/mol. The van der Waals surface area contributed by atoms with E-state index < -0.39 is 0 Å². The van der Waals surface area contributed by atoms with Gasteiger partial charge in [-0.2, -0.15) is 0 Å². The fourth-order valence-corrected chi connectivity index (χ4v) is 0. The minimum absolute atomic E-state index is 0. The van der Waals surface area contributed by atoms with E-state index in [1.54, 1.807) is 0 Å². The first kappa shape index (κ1) is 66.8. The van der Waals surface area contributed by atoms with Gasteiger partial charge in [0, 0.05) is 38.8 Å². The molecule has 1 radical (unpaired) electrons. The van der Waals surface area contributed by atoms with Gasteiger partial charge < -0.3 is 11.0 Å². The van der Waals surface area contributed by atoms with Gasteiger partial charge in [-0.25, -0.2) is 0 Å². The first-order valence-electron chi connectivity index (χ1n) is 0. The molecule has 0 atom stereocenters. The molecule has 0 saturated carbocycles. The van der Waals surface area contributed by atoms with Crippen LogP contribution >= 0.6 is 0 Å². The van der Waals surface area contributed by atoms with Crippen LogP contribution in [0.4, 0.5) is 0 Å². The second-order valence-electron chi connectivity index (χ2n) is 0. The predicted molar refractivity (Wildman–Crippen MR) is 1.37 cm³/mol. The zero-order valence-corrected chi connectivity index (χ0v) is 4.44. The summed E-state index contributed by atoms with van der Waals surface area (Å²) in [5.74, 6) is 0. The number of hydrogen-bond acceptors (Lipinski definition) is 0. The molecule has 0 aromatic rings. The van der Waals surface area contributed by atoms with Gasteiger partial charge in [-0.15, -0.1) is 0 Å². The molecule has 27 valence electrons. The third-order valence-electron chi connectivity index (χ3n) is 0. The van der Waals surface area contributed by atoms with Gasteiger partial charge in [-0.1, -0.05) is 0 Å². The molecule has 0 N–H and O–H groups in total. The van der Waals surface area contributed by atoms with Gasteiger partial charge in [0.25, 0.3) is 0 Å². The summed E-state index contributed by atoms with van der Waals surface area (Å²) in [6.45, 7) is 0. The normalized spacial score (nSPS) is 0. The molecule has 0 aliphatic heterocycles. The largest absolute Gasteiger partial charge is 2.00 e. The van der Waals surface area contributed by atoms with Crippen molar-refractivity contribution in [2.24, 2.45) is 0 Å². The molecule has 4 heteroatoms. The van der Waals surface area contributed by atoms with Crippen LogP contribution in [0.5, 0.6) is 0 Å². The molecule has 0 aromatic heterocycles. The van der Waals surface area contributed by atoms with Gasteiger partial charge in [0.05, 0.1) is 0 Å². The topological polar surface area (TPSA) is 57.0 Å². The third-order valence-corrected chi connectivity index (χ3v) is 0. The Morgan fingerprint density at radius 3 is 0.750 bits per heavy atom. The van der Waals surface area contributed by atoms with Crippen molar-refractivity contribution in [1.29, 1.82) is 0 Å². The van der Waals surface area contributed by atoms with E-state index in [4.69, 9.17) is 0 Å². The predicted octanol–water partition coefficient (Wildman–Crippen LogP) is -0.243. The minimum Gasteiger partial charge on any atom is -2.00 e. The van der Waals surface area contributed by atoms with Gasteiger partial charge in [0.1, 0.15) is 0 Å². The molecule has 0 rings (SSSR count). The van der Waals surface area contributed by atoms with E-state index >= 15 is 0 Å². The van der Waals surface area contributed by atoms with E-state index in [0.717, 1.165) is 0 Å². The Labute approximate surface area is 49.9 Å². The summed E-state index contributed by atoms with van der Waals surface area (Å²) in [6, 6.07) is 0. The second-order valence-corrected chi connectivity index (χ2v) is 0. The molecular formula is MnO2Ti-4. The summed E-state index contributed by atoms with van der Waals surface area (Å²) in [4.78, 5) is 0. The molecule has 0 heterocycles. The maximum atomic E-state index is 0. The van der Waals surface area contributed by atoms with Crippen molar-refractivity contribution in [3.05, 3.63) is 0 Å². The van der Waals surface area contributed by atoms with Crippen molar-refractivity contribution in [3.63, 3.8) is 0 Å². The van der Waals surface area contributed by atoms with Crippen LogP contribution in [0.1, 0.15) is 0 Å². The minimum atomic E-state index is 0. The zero-order chi connectivity index (χ0) is 0.